The van der Waals surface area contributed by atoms with Crippen LogP contribution < -0.4 is 0 Å². The minimum absolute atomic E-state index is 0.0976. The molecule has 0 bridgehead atoms. The number of unbranched alkanes of at least 4 members (excludes halogenated alkanes) is 1. The Balaban J connectivity index is 5.22. The van der Waals surface area contributed by atoms with Crippen molar-refractivity contribution in [3.63, 3.8) is 0 Å². The lowest BCUT2D eigenvalue weighted by molar-refractivity contribution is -0.142. The molecule has 0 aromatic carbocycles. The monoisotopic (exact) mass is 345 g/mol. The van der Waals surface area contributed by atoms with Gasteiger partial charge in [0.15, 0.2) is 5.88 Å². The highest BCUT2D eigenvalue weighted by Crippen LogP contribution is 2.17. The first-order valence-corrected chi connectivity index (χ1v) is 14.6. The summed E-state index contributed by atoms with van der Waals surface area (Å²) in [6.45, 7) is 15.4. The van der Waals surface area contributed by atoms with Crippen molar-refractivity contribution in [1.82, 2.24) is 4.90 Å². The van der Waals surface area contributed by atoms with Crippen LogP contribution in [-0.4, -0.2) is 40.0 Å². The van der Waals surface area contributed by atoms with Gasteiger partial charge in [0.25, 0.3) is 0 Å². The van der Waals surface area contributed by atoms with E-state index in [0.717, 1.165) is 12.8 Å². The second kappa shape index (κ2) is 8.52. The van der Waals surface area contributed by atoms with Gasteiger partial charge in [0.1, 0.15) is 6.54 Å². The minimum atomic E-state index is -1.97. The summed E-state index contributed by atoms with van der Waals surface area (Å²) in [6, 6.07) is 0. The SMILES string of the molecule is CCC/C=C(\O[Si](C)(C)C)N(CC(=O)O[Si](C)(C)C)C(C)=O. The van der Waals surface area contributed by atoms with Crippen molar-refractivity contribution in [2.24, 2.45) is 0 Å². The first-order chi connectivity index (χ1) is 9.85. The molecule has 0 unspecified atom stereocenters. The van der Waals surface area contributed by atoms with Crippen LogP contribution in [0.1, 0.15) is 26.7 Å². The molecule has 0 radical (unpaired) electrons. The topological polar surface area (TPSA) is 55.8 Å². The highest BCUT2D eigenvalue weighted by atomic mass is 28.4. The number of carbonyl (C=O) groups is 2. The van der Waals surface area contributed by atoms with Crippen LogP contribution >= 0.6 is 0 Å². The highest BCUT2D eigenvalue weighted by Gasteiger charge is 2.27. The average Bonchev–Trinajstić information content (AvgIpc) is 2.27. The number of carbonyl (C=O) groups excluding carboxylic acids is 2. The van der Waals surface area contributed by atoms with E-state index in [0.29, 0.717) is 5.88 Å². The summed E-state index contributed by atoms with van der Waals surface area (Å²) in [7, 11) is -3.85. The first-order valence-electron chi connectivity index (χ1n) is 7.75. The van der Waals surface area contributed by atoms with Gasteiger partial charge < -0.3 is 8.85 Å². The quantitative estimate of drug-likeness (QED) is 0.497. The number of allylic oxidation sites excluding steroid dienone is 1. The molecular weight excluding hydrogens is 314 g/mol. The summed E-state index contributed by atoms with van der Waals surface area (Å²) >= 11 is 0. The summed E-state index contributed by atoms with van der Waals surface area (Å²) in [6.07, 6.45) is 3.64. The van der Waals surface area contributed by atoms with Gasteiger partial charge in [-0.15, -0.1) is 0 Å². The molecule has 0 saturated carbocycles. The maximum Gasteiger partial charge on any atom is 0.312 e. The van der Waals surface area contributed by atoms with Crippen molar-refractivity contribution in [2.45, 2.75) is 66.0 Å². The van der Waals surface area contributed by atoms with Crippen LogP contribution in [-0.2, 0) is 18.4 Å². The zero-order valence-corrected chi connectivity index (χ0v) is 17.3. The number of rotatable bonds is 8. The van der Waals surface area contributed by atoms with E-state index in [1.54, 1.807) is 0 Å². The Morgan fingerprint density at radius 3 is 1.86 bits per heavy atom. The Bertz CT molecular complexity index is 422. The van der Waals surface area contributed by atoms with Gasteiger partial charge >= 0.3 is 5.97 Å². The minimum Gasteiger partial charge on any atom is -0.533 e. The van der Waals surface area contributed by atoms with Crippen molar-refractivity contribution in [3.05, 3.63) is 12.0 Å². The fourth-order valence-corrected chi connectivity index (χ4v) is 3.20. The molecule has 0 aromatic heterocycles. The second-order valence-electron chi connectivity index (χ2n) is 7.24. The maximum absolute atomic E-state index is 12.1. The largest absolute Gasteiger partial charge is 0.533 e. The fraction of sp³-hybridized carbons (Fsp3) is 0.733. The molecule has 0 fully saturated rings. The summed E-state index contributed by atoms with van der Waals surface area (Å²) in [5, 5.41) is 0. The first kappa shape index (κ1) is 20.9. The molecule has 128 valence electrons. The molecule has 0 rings (SSSR count). The lowest BCUT2D eigenvalue weighted by atomic mass is 10.3. The molecule has 1 amide bonds. The van der Waals surface area contributed by atoms with Crippen molar-refractivity contribution >= 4 is 28.5 Å². The molecule has 5 nitrogen and oxygen atoms in total. The zero-order chi connectivity index (χ0) is 17.6. The van der Waals surface area contributed by atoms with Crippen molar-refractivity contribution in [2.75, 3.05) is 6.54 Å². The molecule has 7 heteroatoms. The van der Waals surface area contributed by atoms with Gasteiger partial charge in [-0.2, -0.15) is 0 Å². The number of hydrogen-bond acceptors (Lipinski definition) is 4. The molecule has 0 aliphatic carbocycles. The van der Waals surface area contributed by atoms with E-state index in [1.807, 2.05) is 45.4 Å². The maximum atomic E-state index is 12.1. The fourth-order valence-electron chi connectivity index (χ4n) is 1.64. The number of hydrogen-bond donors (Lipinski definition) is 0. The Labute approximate surface area is 136 Å². The molecule has 22 heavy (non-hydrogen) atoms. The Hall–Kier alpha value is -1.09. The van der Waals surface area contributed by atoms with Crippen LogP contribution in [0.2, 0.25) is 39.3 Å². The lowest BCUT2D eigenvalue weighted by Crippen LogP contribution is -2.41. The molecule has 0 N–H and O–H groups in total. The van der Waals surface area contributed by atoms with Crippen LogP contribution in [0.15, 0.2) is 12.0 Å². The van der Waals surface area contributed by atoms with Gasteiger partial charge in [-0.3, -0.25) is 14.5 Å². The van der Waals surface area contributed by atoms with Crippen LogP contribution in [0, 0.1) is 0 Å². The van der Waals surface area contributed by atoms with Gasteiger partial charge in [0.2, 0.25) is 22.5 Å². The summed E-state index contributed by atoms with van der Waals surface area (Å²) in [5.41, 5.74) is 0. The van der Waals surface area contributed by atoms with Gasteiger partial charge in [-0.05, 0) is 51.8 Å². The van der Waals surface area contributed by atoms with Crippen LogP contribution in [0.3, 0.4) is 0 Å². The van der Waals surface area contributed by atoms with Gasteiger partial charge in [-0.25, -0.2) is 0 Å². The standard InChI is InChI=1S/C15H31NO4Si2/c1-9-10-11-14(19-21(3,4)5)16(13(2)17)12-15(18)20-22(6,7)8/h11H,9-10,12H2,1-8H3/b14-11-. The molecule has 0 heterocycles. The third-order valence-corrected chi connectivity index (χ3v) is 4.03. The normalized spacial score (nSPS) is 12.8. The predicted octanol–water partition coefficient (Wildman–Crippen LogP) is 3.71. The van der Waals surface area contributed by atoms with E-state index in [-0.39, 0.29) is 18.4 Å². The van der Waals surface area contributed by atoms with Crippen molar-refractivity contribution in [1.29, 1.82) is 0 Å². The van der Waals surface area contributed by atoms with Crippen molar-refractivity contribution < 1.29 is 18.4 Å². The zero-order valence-electron chi connectivity index (χ0n) is 15.3. The summed E-state index contributed by atoms with van der Waals surface area (Å²) in [4.78, 5) is 25.4. The molecule has 0 aromatic rings. The Kier molecular flexibility index (Phi) is 8.10. The Morgan fingerprint density at radius 2 is 1.50 bits per heavy atom. The second-order valence-corrected chi connectivity index (χ2v) is 16.1. The predicted molar refractivity (Wildman–Crippen MR) is 94.2 cm³/mol. The number of nitrogens with zero attached hydrogens (tertiary/aromatic N) is 1. The van der Waals surface area contributed by atoms with Crippen LogP contribution in [0.25, 0.3) is 0 Å². The Morgan fingerprint density at radius 1 is 1.00 bits per heavy atom. The summed E-state index contributed by atoms with van der Waals surface area (Å²) < 4.78 is 11.4. The molecule has 0 aliphatic heterocycles. The van der Waals surface area contributed by atoms with E-state index in [4.69, 9.17) is 8.85 Å². The molecule has 0 atom stereocenters. The highest BCUT2D eigenvalue weighted by molar-refractivity contribution is 6.71. The van der Waals surface area contributed by atoms with Gasteiger partial charge in [0, 0.05) is 6.92 Å². The van der Waals surface area contributed by atoms with E-state index in [1.165, 1.54) is 11.8 Å². The molecule has 0 spiro atoms. The van der Waals surface area contributed by atoms with Crippen LogP contribution in [0.5, 0.6) is 0 Å². The van der Waals surface area contributed by atoms with Gasteiger partial charge in [-0.1, -0.05) is 13.3 Å². The third-order valence-electron chi connectivity index (χ3n) is 2.37. The molecule has 0 aliphatic rings. The van der Waals surface area contributed by atoms with E-state index in [2.05, 4.69) is 6.92 Å². The molecule has 0 saturated heterocycles. The third kappa shape index (κ3) is 9.78. The average molecular weight is 346 g/mol. The van der Waals surface area contributed by atoms with Crippen molar-refractivity contribution in [3.8, 4) is 0 Å². The van der Waals surface area contributed by atoms with E-state index < -0.39 is 16.6 Å². The van der Waals surface area contributed by atoms with E-state index >= 15 is 0 Å². The van der Waals surface area contributed by atoms with E-state index in [9.17, 15) is 9.59 Å². The number of amides is 1. The van der Waals surface area contributed by atoms with Crippen LogP contribution in [0.4, 0.5) is 0 Å². The van der Waals surface area contributed by atoms with Gasteiger partial charge in [0.05, 0.1) is 0 Å². The smallest absolute Gasteiger partial charge is 0.312 e. The summed E-state index contributed by atoms with van der Waals surface area (Å²) in [5.74, 6) is -0.106. The lowest BCUT2D eigenvalue weighted by Gasteiger charge is -2.30. The molecular formula is C15H31NO4Si2.